The summed E-state index contributed by atoms with van der Waals surface area (Å²) >= 11 is 0. The molecule has 8 rings (SSSR count). The third-order valence-corrected chi connectivity index (χ3v) is 9.68. The number of nitro groups is 3. The van der Waals surface area contributed by atoms with Gasteiger partial charge in [0.15, 0.2) is 80.9 Å². The van der Waals surface area contributed by atoms with Crippen molar-refractivity contribution in [1.82, 2.24) is 4.98 Å². The number of fused-ring (bicyclic) bond motifs is 5. The van der Waals surface area contributed by atoms with E-state index < -0.39 is 197 Å². The van der Waals surface area contributed by atoms with Crippen molar-refractivity contribution < 1.29 is 80.6 Å². The van der Waals surface area contributed by atoms with Crippen molar-refractivity contribution in [3.05, 3.63) is 192 Å². The highest BCUT2D eigenvalue weighted by Crippen LogP contribution is 2.42. The molecule has 1 aromatic heterocycles. The molecule has 0 unspecified atom stereocenters. The average Bonchev–Trinajstić information content (AvgIpc) is 4.10. The maximum absolute atomic E-state index is 15.8. The quantitative estimate of drug-likeness (QED) is 0.0680. The molecular formula is C37H6F15N7O6. The van der Waals surface area contributed by atoms with Crippen molar-refractivity contribution in [3.8, 4) is 0 Å². The molecule has 4 aliphatic heterocycles. The molecule has 28 heteroatoms. The molecule has 0 saturated carbocycles. The molecule has 0 spiro atoms. The molecule has 0 aliphatic carbocycles. The van der Waals surface area contributed by atoms with Crippen LogP contribution in [0, 0.1) is 118 Å². The molecule has 4 aliphatic rings. The molecule has 0 atom stereocenters. The number of rotatable bonds is 6. The number of allylic oxidation sites excluding steroid dienone is 6. The van der Waals surface area contributed by atoms with Crippen LogP contribution in [0.25, 0.3) is 22.4 Å². The maximum Gasteiger partial charge on any atom is 0.373 e. The maximum atomic E-state index is 15.8. The van der Waals surface area contributed by atoms with Gasteiger partial charge in [-0.15, -0.1) is 0 Å². The standard InChI is InChI=1S/C37H6F15N7O6/c38-18-15(19(39)25(45)30(50)24(18)44)12-6-1-3-8(53-6)13(16-20(40)26(46)31(51)27(47)21(16)41)34-11(57(60)61)5-10(55-34)33-36(58(62)63)37(59(64)65)35(56-33)14(9-4-2-7(12)54-9)17-22(42)28(48)32(52)29(49)23(17)43/h1-5,56H. The Kier molecular flexibility index (Phi) is 9.86. The van der Waals surface area contributed by atoms with Crippen molar-refractivity contribution >= 4 is 50.9 Å². The predicted molar refractivity (Wildman–Crippen MR) is 187 cm³/mol. The van der Waals surface area contributed by atoms with Crippen LogP contribution in [-0.2, 0) is 0 Å². The topological polar surface area (TPSA) is 182 Å². The van der Waals surface area contributed by atoms with E-state index in [9.17, 15) is 69.9 Å². The Labute approximate surface area is 344 Å². The molecule has 0 fully saturated rings. The van der Waals surface area contributed by atoms with Crippen LogP contribution in [0.5, 0.6) is 0 Å². The zero-order valence-corrected chi connectivity index (χ0v) is 30.2. The summed E-state index contributed by atoms with van der Waals surface area (Å²) in [4.78, 5) is 46.0. The number of aliphatic imine (C=N–C) groups is 3. The zero-order chi connectivity index (χ0) is 47.6. The van der Waals surface area contributed by atoms with Crippen molar-refractivity contribution in [1.29, 1.82) is 0 Å². The summed E-state index contributed by atoms with van der Waals surface area (Å²) in [6.45, 7) is 0. The fourth-order valence-corrected chi connectivity index (χ4v) is 6.95. The molecule has 5 heterocycles. The lowest BCUT2D eigenvalue weighted by molar-refractivity contribution is -0.422. The summed E-state index contributed by atoms with van der Waals surface area (Å²) in [5, 5.41) is 34.7. The van der Waals surface area contributed by atoms with Crippen LogP contribution in [0.4, 0.5) is 77.2 Å². The van der Waals surface area contributed by atoms with Gasteiger partial charge in [-0.2, -0.15) is 0 Å². The van der Waals surface area contributed by atoms with E-state index in [-0.39, 0.29) is 6.08 Å². The van der Waals surface area contributed by atoms with Crippen LogP contribution >= 0.6 is 0 Å². The van der Waals surface area contributed by atoms with E-state index in [4.69, 9.17) is 0 Å². The van der Waals surface area contributed by atoms with Gasteiger partial charge in [-0.25, -0.2) is 80.8 Å². The summed E-state index contributed by atoms with van der Waals surface area (Å²) < 4.78 is 227. The van der Waals surface area contributed by atoms with Crippen molar-refractivity contribution in [2.45, 2.75) is 0 Å². The molecule has 4 aromatic rings. The van der Waals surface area contributed by atoms with Gasteiger partial charge in [0.2, 0.25) is 17.5 Å². The number of halogens is 15. The van der Waals surface area contributed by atoms with Crippen molar-refractivity contribution in [2.24, 2.45) is 15.0 Å². The number of hydrogen-bond donors (Lipinski definition) is 1. The Balaban J connectivity index is 1.72. The second-order valence-corrected chi connectivity index (χ2v) is 13.1. The number of benzene rings is 3. The van der Waals surface area contributed by atoms with Gasteiger partial charge >= 0.3 is 11.4 Å². The third kappa shape index (κ3) is 6.10. The number of hydrogen-bond acceptors (Lipinski definition) is 9. The molecule has 13 nitrogen and oxygen atoms in total. The number of nitrogens with one attached hydrogen (secondary N) is 1. The largest absolute Gasteiger partial charge is 0.373 e. The highest BCUT2D eigenvalue weighted by atomic mass is 19.2. The highest BCUT2D eigenvalue weighted by Gasteiger charge is 2.43. The minimum Gasteiger partial charge on any atom is -0.341 e. The second-order valence-electron chi connectivity index (χ2n) is 13.1. The third-order valence-electron chi connectivity index (χ3n) is 9.68. The Morgan fingerprint density at radius 1 is 0.385 bits per heavy atom. The minimum absolute atomic E-state index is 0.118. The minimum atomic E-state index is -2.85. The van der Waals surface area contributed by atoms with Gasteiger partial charge in [0.05, 0.1) is 54.3 Å². The molecule has 3 aromatic carbocycles. The molecule has 0 radical (unpaired) electrons. The summed E-state index contributed by atoms with van der Waals surface area (Å²) in [6, 6.07) is 0. The first-order valence-corrected chi connectivity index (χ1v) is 16.8. The molecule has 65 heavy (non-hydrogen) atoms. The lowest BCUT2D eigenvalue weighted by Crippen LogP contribution is -2.23. The lowest BCUT2D eigenvalue weighted by atomic mass is 9.95. The monoisotopic (exact) mass is 929 g/mol. The first-order chi connectivity index (χ1) is 30.5. The normalized spacial score (nSPS) is 15.4. The van der Waals surface area contributed by atoms with Crippen LogP contribution in [0.3, 0.4) is 0 Å². The van der Waals surface area contributed by atoms with Gasteiger partial charge in [-0.3, -0.25) is 30.3 Å². The van der Waals surface area contributed by atoms with Crippen LogP contribution in [0.15, 0.2) is 62.4 Å². The van der Waals surface area contributed by atoms with Gasteiger partial charge in [0.1, 0.15) is 11.0 Å². The van der Waals surface area contributed by atoms with Crippen LogP contribution < -0.4 is 10.7 Å². The summed E-state index contributed by atoms with van der Waals surface area (Å²) in [6.07, 6.45) is 1.85. The number of aromatic amines is 1. The molecular weight excluding hydrogens is 923 g/mol. The van der Waals surface area contributed by atoms with E-state index in [2.05, 4.69) is 15.0 Å². The van der Waals surface area contributed by atoms with E-state index >= 15 is 26.3 Å². The zero-order valence-electron chi connectivity index (χ0n) is 30.2. The summed E-state index contributed by atoms with van der Waals surface area (Å²) in [5.41, 5.74) is -24.7. The van der Waals surface area contributed by atoms with Crippen LogP contribution in [-0.4, -0.2) is 36.9 Å². The van der Waals surface area contributed by atoms with E-state index in [0.29, 0.717) is 24.3 Å². The Morgan fingerprint density at radius 3 is 1.12 bits per heavy atom. The molecule has 0 saturated heterocycles. The Morgan fingerprint density at radius 2 is 0.723 bits per heavy atom. The van der Waals surface area contributed by atoms with Crippen LogP contribution in [0.2, 0.25) is 0 Å². The van der Waals surface area contributed by atoms with E-state index in [0.717, 1.165) is 0 Å². The van der Waals surface area contributed by atoms with Gasteiger partial charge in [0.25, 0.3) is 5.70 Å². The second kappa shape index (κ2) is 14.8. The summed E-state index contributed by atoms with van der Waals surface area (Å²) in [7, 11) is 0. The van der Waals surface area contributed by atoms with Crippen molar-refractivity contribution in [2.75, 3.05) is 0 Å². The fourth-order valence-electron chi connectivity index (χ4n) is 6.95. The highest BCUT2D eigenvalue weighted by molar-refractivity contribution is 6.38. The Bertz CT molecular complexity index is 3390. The van der Waals surface area contributed by atoms with E-state index in [1.165, 1.54) is 0 Å². The lowest BCUT2D eigenvalue weighted by Gasteiger charge is -2.14. The average molecular weight is 929 g/mol. The van der Waals surface area contributed by atoms with Crippen molar-refractivity contribution in [3.63, 3.8) is 0 Å². The van der Waals surface area contributed by atoms with Gasteiger partial charge in [0, 0.05) is 22.8 Å². The summed E-state index contributed by atoms with van der Waals surface area (Å²) in [5.74, 6) is -41.6. The van der Waals surface area contributed by atoms with Gasteiger partial charge in [-0.05, 0) is 24.3 Å². The number of H-pyrrole nitrogens is 1. The number of aromatic nitrogens is 1. The first-order valence-electron chi connectivity index (χ1n) is 16.8. The smallest absolute Gasteiger partial charge is 0.341 e. The van der Waals surface area contributed by atoms with E-state index in [1.54, 1.807) is 0 Å². The SMILES string of the molecule is O=[N+]([O-])C1=CC2=c3[nH]c(c([N+](=O)[O-])c3[N+](=O)[O-])=C(c3c(F)c(F)c(F)c(F)c3F)C3=NC(=C(c4c(F)c(F)c(F)c(F)c4F)C4=NC(=C(c5c(F)c(F)c(F)c(F)c5F)C1=N2)C=C4)C=C3. The molecule has 0 amide bonds. The fraction of sp³-hybridized carbons (Fsp3) is 0. The first kappa shape index (κ1) is 43.2. The predicted octanol–water partition coefficient (Wildman–Crippen LogP) is 7.70. The molecule has 1 N–H and O–H groups in total. The van der Waals surface area contributed by atoms with Crippen LogP contribution in [0.1, 0.15) is 16.7 Å². The van der Waals surface area contributed by atoms with E-state index in [1.807, 2.05) is 4.98 Å². The van der Waals surface area contributed by atoms with Gasteiger partial charge in [-0.1, -0.05) is 0 Å². The van der Waals surface area contributed by atoms with Gasteiger partial charge < -0.3 is 4.98 Å². The number of nitrogens with zero attached hydrogens (tertiary/aromatic N) is 6. The Hall–Kier alpha value is -8.46. The molecule has 330 valence electrons. The molecule has 8 bridgehead atoms.